The number of likely N-dealkylation sites (N-methyl/N-ethyl adjacent to an activating group) is 1. The molecule has 12 nitrogen and oxygen atoms in total. The van der Waals surface area contributed by atoms with Gasteiger partial charge >= 0.3 is 199 Å². The zero-order valence-electron chi connectivity index (χ0n) is 35.3. The zero-order chi connectivity index (χ0) is 44.5. The number of ketones is 2. The van der Waals surface area contributed by atoms with Gasteiger partial charge in [0, 0.05) is 11.5 Å². The van der Waals surface area contributed by atoms with Crippen LogP contribution in [0.4, 0.5) is 0 Å². The van der Waals surface area contributed by atoms with E-state index in [0.717, 1.165) is 31.8 Å². The minimum Gasteiger partial charge on any atom is -0.510 e. The Morgan fingerprint density at radius 2 is 1.32 bits per heavy atom. The molecular formula is C49H56N3O9P. The van der Waals surface area contributed by atoms with Crippen LogP contribution < -0.4 is 27.0 Å². The summed E-state index contributed by atoms with van der Waals surface area (Å²) in [6.45, 7) is 1.58. The predicted octanol–water partition coefficient (Wildman–Crippen LogP) is 4.34. The molecule has 0 radical (unpaired) electrons. The monoisotopic (exact) mass is 861 g/mol. The molecule has 2 amide bonds. The Morgan fingerprint density at radius 1 is 0.790 bits per heavy atom. The van der Waals surface area contributed by atoms with E-state index in [1.165, 1.54) is 34.9 Å². The van der Waals surface area contributed by atoms with Crippen LogP contribution in [0.25, 0.3) is 0 Å². The number of amides is 2. The number of nitrogens with two attached hydrogens (primary N) is 1. The molecule has 0 spiro atoms. The number of phenols is 1. The van der Waals surface area contributed by atoms with Crippen LogP contribution >= 0.6 is 7.26 Å². The number of fused-ring (bicyclic) bond motifs is 3. The number of Topliss-reactive ketones (excluding diaryl/α,β-unsaturated/α-hetero) is 2. The van der Waals surface area contributed by atoms with Crippen LogP contribution in [0, 0.1) is 11.8 Å². The number of aliphatic hydroxyl groups is 4. The summed E-state index contributed by atoms with van der Waals surface area (Å²) in [5, 5.41) is 65.0. The van der Waals surface area contributed by atoms with Crippen LogP contribution in [-0.4, -0.2) is 91.8 Å². The number of benzene rings is 4. The van der Waals surface area contributed by atoms with Gasteiger partial charge in [0.15, 0.2) is 11.4 Å². The summed E-state index contributed by atoms with van der Waals surface area (Å²) in [5.74, 6) is -9.73. The Hall–Kier alpha value is -5.65. The topological polar surface area (TPSA) is 211 Å². The number of primary amides is 1. The standard InChI is InChI=1S/C49H56N3O9P/c1-29-34-26-25-30(42(54)37(34)43(55)38-36(29)44(56)40-41(52(2)3)45(57)39(48(50)60)47(59)49(40,61)46(38)58)28-51-35(53)24-16-5-4-6-17-27-62(31-18-10-7-11-19-31,32-20-12-8-13-21-32)33-22-14-9-15-23-33/h7-15,18-23,25-26,29,36,40-41,44,54,56-58,61-62H,4-6,16-17,24,27-28H2,1-3H3,(H2,50,60)(H,51,53)/t29-,36+,40+,41-,44-,49-/m0/s1. The number of hydrogen-bond donors (Lipinski definition) is 7. The van der Waals surface area contributed by atoms with Crippen molar-refractivity contribution >= 4 is 46.6 Å². The van der Waals surface area contributed by atoms with Gasteiger partial charge in [0.05, 0.1) is 23.6 Å². The molecule has 7 rings (SSSR count). The summed E-state index contributed by atoms with van der Waals surface area (Å²) in [6.07, 6.45) is 4.24. The van der Waals surface area contributed by atoms with Gasteiger partial charge in [0.2, 0.25) is 5.78 Å². The van der Waals surface area contributed by atoms with Gasteiger partial charge in [-0.2, -0.15) is 0 Å². The average Bonchev–Trinajstić information content (AvgIpc) is 3.26. The first-order valence-corrected chi connectivity index (χ1v) is 23.5. The maximum atomic E-state index is 14.2. The van der Waals surface area contributed by atoms with Gasteiger partial charge in [-0.3, -0.25) is 19.3 Å². The van der Waals surface area contributed by atoms with Crippen LogP contribution in [0.2, 0.25) is 0 Å². The van der Waals surface area contributed by atoms with Gasteiger partial charge in [-0.1, -0.05) is 13.0 Å². The fraction of sp³-hybridized carbons (Fsp3) is 0.347. The van der Waals surface area contributed by atoms with Crippen molar-refractivity contribution in [1.29, 1.82) is 0 Å². The molecule has 8 N–H and O–H groups in total. The number of hydrogen-bond acceptors (Lipinski definition) is 10. The maximum absolute atomic E-state index is 14.2. The molecule has 4 aromatic carbocycles. The molecule has 0 bridgehead atoms. The Kier molecular flexibility index (Phi) is 12.9. The van der Waals surface area contributed by atoms with E-state index < -0.39 is 88.7 Å². The van der Waals surface area contributed by atoms with Gasteiger partial charge in [-0.25, -0.2) is 0 Å². The van der Waals surface area contributed by atoms with Crippen LogP contribution in [0.1, 0.15) is 72.9 Å². The zero-order valence-corrected chi connectivity index (χ0v) is 36.3. The Morgan fingerprint density at radius 3 is 1.85 bits per heavy atom. The van der Waals surface area contributed by atoms with Gasteiger partial charge < -0.3 is 31.3 Å². The summed E-state index contributed by atoms with van der Waals surface area (Å²) in [7, 11) is 0.670. The number of rotatable bonds is 15. The van der Waals surface area contributed by atoms with Crippen molar-refractivity contribution < 1.29 is 44.7 Å². The number of nitrogens with zero attached hydrogens (tertiary/aromatic N) is 1. The molecule has 13 heteroatoms. The van der Waals surface area contributed by atoms with Gasteiger partial charge in [0.25, 0.3) is 5.91 Å². The number of phenolic OH excluding ortho intramolecular Hbond substituents is 1. The number of carbonyl (C=O) groups is 4. The molecule has 4 aromatic rings. The molecule has 0 heterocycles. The molecule has 0 saturated heterocycles. The Balaban J connectivity index is 0.996. The number of aromatic hydroxyl groups is 1. The summed E-state index contributed by atoms with van der Waals surface area (Å²) >= 11 is 0. The third kappa shape index (κ3) is 7.53. The van der Waals surface area contributed by atoms with Crippen molar-refractivity contribution in [3.05, 3.63) is 142 Å². The molecule has 0 saturated carbocycles. The van der Waals surface area contributed by atoms with E-state index in [4.69, 9.17) is 5.73 Å². The minimum absolute atomic E-state index is 0.0943. The third-order valence-corrected chi connectivity index (χ3v) is 18.5. The number of unbranched alkanes of at least 4 members (excludes halogenated alkanes) is 4. The Bertz CT molecular complexity index is 2320. The molecule has 326 valence electrons. The summed E-state index contributed by atoms with van der Waals surface area (Å²) in [6, 6.07) is 34.4. The van der Waals surface area contributed by atoms with E-state index in [-0.39, 0.29) is 30.0 Å². The molecule has 0 fully saturated rings. The smallest absolute Gasteiger partial charge is 0.510 e. The van der Waals surface area contributed by atoms with E-state index in [2.05, 4.69) is 96.3 Å². The van der Waals surface area contributed by atoms with E-state index in [1.807, 2.05) is 0 Å². The SMILES string of the molecule is C[C@H]1c2ccc(CNC(=O)CCCCCCC[PH](c3ccccc3)(c3ccccc3)c3ccccc3)c(O)c2C(=O)C2=C(O)[C@]3(O)C(=O)C(C(N)=O)=C(O)[C@@H](N(C)C)[C@@H]3[C@@H](O)[C@@H]21. The second-order valence-electron chi connectivity index (χ2n) is 17.1. The van der Waals surface area contributed by atoms with Crippen molar-refractivity contribution in [2.24, 2.45) is 17.6 Å². The second-order valence-corrected chi connectivity index (χ2v) is 21.2. The third-order valence-electron chi connectivity index (χ3n) is 13.4. The van der Waals surface area contributed by atoms with E-state index in [1.54, 1.807) is 19.1 Å². The van der Waals surface area contributed by atoms with Crippen molar-refractivity contribution in [2.45, 2.75) is 75.7 Å². The number of carbonyl (C=O) groups excluding carboxylic acids is 4. The molecule has 0 unspecified atom stereocenters. The van der Waals surface area contributed by atoms with Gasteiger partial charge in [-0.05, 0) is 25.6 Å². The summed E-state index contributed by atoms with van der Waals surface area (Å²) in [4.78, 5) is 54.6. The van der Waals surface area contributed by atoms with Crippen molar-refractivity contribution in [3.63, 3.8) is 0 Å². The molecule has 0 aliphatic heterocycles. The van der Waals surface area contributed by atoms with Gasteiger partial charge in [-0.15, -0.1) is 0 Å². The first-order chi connectivity index (χ1) is 29.7. The normalized spacial score (nSPS) is 23.7. The molecule has 3 aliphatic carbocycles. The fourth-order valence-electron chi connectivity index (χ4n) is 10.4. The summed E-state index contributed by atoms with van der Waals surface area (Å²) in [5.41, 5.74) is 1.37. The van der Waals surface area contributed by atoms with Gasteiger partial charge in [0.1, 0.15) is 17.1 Å². The first-order valence-electron chi connectivity index (χ1n) is 21.3. The Labute approximate surface area is 362 Å². The van der Waals surface area contributed by atoms with Crippen molar-refractivity contribution in [1.82, 2.24) is 10.2 Å². The van der Waals surface area contributed by atoms with Crippen LogP contribution in [0.15, 0.2) is 126 Å². The molecular weight excluding hydrogens is 806 g/mol. The molecule has 62 heavy (non-hydrogen) atoms. The van der Waals surface area contributed by atoms with E-state index in [9.17, 15) is 44.7 Å². The predicted molar refractivity (Wildman–Crippen MR) is 241 cm³/mol. The second kappa shape index (κ2) is 18.0. The van der Waals surface area contributed by atoms with Crippen LogP contribution in [-0.2, 0) is 20.9 Å². The minimum atomic E-state index is -3.00. The number of nitrogens with one attached hydrogen (secondary N) is 1. The number of aliphatic hydroxyl groups excluding tert-OH is 3. The fourth-order valence-corrected chi connectivity index (χ4v) is 15.3. The molecule has 3 aliphatic rings. The molecule has 6 atom stereocenters. The quantitative estimate of drug-likeness (QED) is 0.0511. The molecule has 0 aromatic heterocycles. The van der Waals surface area contributed by atoms with E-state index in [0.29, 0.717) is 12.0 Å². The van der Waals surface area contributed by atoms with Crippen molar-refractivity contribution in [3.8, 4) is 5.75 Å². The first kappa shape index (κ1) is 44.4. The average molecular weight is 862 g/mol. The summed E-state index contributed by atoms with van der Waals surface area (Å²) < 4.78 is 0. The van der Waals surface area contributed by atoms with Crippen molar-refractivity contribution in [2.75, 3.05) is 20.3 Å². The van der Waals surface area contributed by atoms with Crippen LogP contribution in [0.3, 0.4) is 0 Å². The van der Waals surface area contributed by atoms with E-state index >= 15 is 0 Å². The van der Waals surface area contributed by atoms with Crippen LogP contribution in [0.5, 0.6) is 5.75 Å².